The maximum atomic E-state index is 13.2. The molecular formula is C73H146N4Na2O17P2. The van der Waals surface area contributed by atoms with E-state index in [4.69, 9.17) is 37.0 Å². The van der Waals surface area contributed by atoms with Crippen LogP contribution in [0.5, 0.6) is 0 Å². The van der Waals surface area contributed by atoms with Crippen LogP contribution < -0.4 is 80.4 Å². The fourth-order valence-electron chi connectivity index (χ4n) is 11.3. The van der Waals surface area contributed by atoms with E-state index in [1.165, 1.54) is 135 Å². The number of hydrogen-bond donors (Lipinski definition) is 6. The number of carbonyl (C=O) groups excluding carboxylic acids is 5. The van der Waals surface area contributed by atoms with Gasteiger partial charge in [-0.3, -0.25) is 37.3 Å². The van der Waals surface area contributed by atoms with Crippen LogP contribution in [0, 0.1) is 0 Å². The Balaban J connectivity index is -0.00000752. The summed E-state index contributed by atoms with van der Waals surface area (Å²) < 4.78 is 70.6. The molecule has 0 aromatic carbocycles. The van der Waals surface area contributed by atoms with Gasteiger partial charge in [0.15, 0.2) is 0 Å². The molecule has 0 bridgehead atoms. The number of hydrogen-bond acceptors (Lipinski definition) is 15. The van der Waals surface area contributed by atoms with Crippen LogP contribution in [0.3, 0.4) is 0 Å². The minimum absolute atomic E-state index is 0. The largest absolute Gasteiger partial charge is 1.00 e. The summed E-state index contributed by atoms with van der Waals surface area (Å²) in [7, 11) is -9.37. The quantitative estimate of drug-likeness (QED) is 0.0143. The first-order valence-corrected chi connectivity index (χ1v) is 41.8. The molecule has 0 aromatic heterocycles. The summed E-state index contributed by atoms with van der Waals surface area (Å²) in [6.45, 7) is 10.7. The Hall–Kier alpha value is -0.710. The average molecular weight is 1460 g/mol. The minimum Gasteiger partial charge on any atom is -1.00 e. The molecule has 0 spiro atoms. The summed E-state index contributed by atoms with van der Waals surface area (Å²) in [5.74, 6) is -1.03. The topological polar surface area (TPSA) is 282 Å². The van der Waals surface area contributed by atoms with Gasteiger partial charge in [0.25, 0.3) is 0 Å². The molecule has 0 radical (unpaired) electrons. The Bertz CT molecular complexity index is 1960. The molecule has 0 aliphatic carbocycles. The molecule has 6 N–H and O–H groups in total. The van der Waals surface area contributed by atoms with Crippen molar-refractivity contribution in [3.63, 3.8) is 0 Å². The summed E-state index contributed by atoms with van der Waals surface area (Å²) >= 11 is 0. The van der Waals surface area contributed by atoms with Crippen LogP contribution in [0.15, 0.2) is 0 Å². The predicted octanol–water partition coefficient (Wildman–Crippen LogP) is 12.5. The zero-order valence-corrected chi connectivity index (χ0v) is 69.5. The van der Waals surface area contributed by atoms with E-state index in [1.807, 2.05) is 0 Å². The second-order valence-corrected chi connectivity index (χ2v) is 29.4. The third-order valence-corrected chi connectivity index (χ3v) is 19.1. The number of esters is 2. The van der Waals surface area contributed by atoms with Crippen LogP contribution in [0.4, 0.5) is 4.79 Å². The van der Waals surface area contributed by atoms with Crippen molar-refractivity contribution in [1.29, 1.82) is 0 Å². The molecule has 21 nitrogen and oxygen atoms in total. The summed E-state index contributed by atoms with van der Waals surface area (Å²) in [6.07, 6.45) is 49.0. The number of rotatable bonds is 74. The number of carbonyl (C=O) groups is 5. The average Bonchev–Trinajstić information content (AvgIpc) is 1.19. The van der Waals surface area contributed by atoms with Gasteiger partial charge in [-0.25, -0.2) is 13.9 Å². The molecule has 0 rings (SSSR count). The fraction of sp³-hybridized carbons (Fsp3) is 0.932. The van der Waals surface area contributed by atoms with Gasteiger partial charge in [-0.15, -0.1) is 0 Å². The smallest absolute Gasteiger partial charge is 1.00 e. The van der Waals surface area contributed by atoms with Crippen molar-refractivity contribution < 1.29 is 142 Å². The first kappa shape index (κ1) is 101. The van der Waals surface area contributed by atoms with Gasteiger partial charge in [-0.1, -0.05) is 266 Å². The molecule has 2 unspecified atom stereocenters. The fourth-order valence-corrected chi connectivity index (χ4v) is 12.9. The van der Waals surface area contributed by atoms with E-state index in [9.17, 15) is 42.9 Å². The van der Waals surface area contributed by atoms with E-state index >= 15 is 0 Å². The Morgan fingerprint density at radius 3 is 0.959 bits per heavy atom. The molecule has 0 aromatic rings. The third kappa shape index (κ3) is 72.2. The molecule has 0 aliphatic heterocycles. The number of unbranched alkanes of at least 4 members (excludes halogenated alkanes) is 36. The van der Waals surface area contributed by atoms with Crippen molar-refractivity contribution in [2.24, 2.45) is 0 Å². The molecule has 0 saturated heterocycles. The van der Waals surface area contributed by atoms with Gasteiger partial charge in [0, 0.05) is 52.1 Å². The Kier molecular flexibility index (Phi) is 77.2. The number of ether oxygens (including phenoxy) is 4. The SMILES string of the molecule is CCCCCCCCCCCCCC(=O)N[C@H](COCC[C@@H](CCCCCCC)OC(C)=O)COP(=O)(O)OCCNC(=O)NCCOP(=O)(O)OC[C@@H](COCC[C@@H](CCCCCCC)OC(=O)CCCCCCCCCCC)NC(=O)CCCCCCCCCCCCC.[H-].[H-].[Na+].[Na+]. The van der Waals surface area contributed by atoms with Gasteiger partial charge in [0.05, 0.1) is 64.9 Å². The third-order valence-electron chi connectivity index (χ3n) is 17.1. The molecule has 0 fully saturated rings. The zero-order chi connectivity index (χ0) is 70.7. The van der Waals surface area contributed by atoms with Crippen LogP contribution >= 0.6 is 15.6 Å². The van der Waals surface area contributed by atoms with Crippen molar-refractivity contribution in [2.75, 3.05) is 65.9 Å². The van der Waals surface area contributed by atoms with Gasteiger partial charge in [0.1, 0.15) is 12.2 Å². The maximum absolute atomic E-state index is 13.2. The number of phosphoric ester groups is 2. The number of nitrogens with one attached hydrogen (secondary N) is 4. The van der Waals surface area contributed by atoms with Gasteiger partial charge < -0.3 is 52.9 Å². The number of phosphoric acid groups is 2. The standard InChI is InChI=1S/C73H144N4O17P2.2Na.2H/c1-7-12-17-22-25-28-30-33-35-40-45-50-70(79)76-66(61-87-57-53-68(93-65(6)78)48-43-38-20-15-10-4)63-91-95(83,84)89-59-55-74-73(82)75-56-60-90-96(85,86)92-64-67(77-71(80)51-46-41-36-34-31-29-26-23-18-13-8-2)62-88-58-54-69(49-44-39-21-16-11-5)94-72(81)52-47-42-37-32-27-24-19-14-9-3;;;;/h66-69H,7-64H2,1-6H3,(H,76,79)(H,77,80)(H,83,84)(H,85,86)(H2,74,75,82);;;;/q;2*+1;2*-1/t66-,67-,68-,69-;;;;/m1..../s1. The Labute approximate surface area is 643 Å². The van der Waals surface area contributed by atoms with Gasteiger partial charge >= 0.3 is 92.7 Å². The number of amides is 4. The van der Waals surface area contributed by atoms with Crippen molar-refractivity contribution >= 4 is 45.4 Å². The van der Waals surface area contributed by atoms with Crippen LogP contribution in [-0.4, -0.2) is 130 Å². The molecule has 0 aliphatic rings. The maximum Gasteiger partial charge on any atom is 1.00 e. The van der Waals surface area contributed by atoms with E-state index in [-0.39, 0.29) is 150 Å². The summed E-state index contributed by atoms with van der Waals surface area (Å²) in [5, 5.41) is 10.7. The van der Waals surface area contributed by atoms with Crippen molar-refractivity contribution in [3.05, 3.63) is 0 Å². The van der Waals surface area contributed by atoms with Crippen LogP contribution in [0.2, 0.25) is 0 Å². The van der Waals surface area contributed by atoms with Crippen molar-refractivity contribution in [1.82, 2.24) is 21.3 Å². The Morgan fingerprint density at radius 1 is 0.357 bits per heavy atom. The second-order valence-electron chi connectivity index (χ2n) is 26.5. The molecule has 0 heterocycles. The predicted molar refractivity (Wildman–Crippen MR) is 388 cm³/mol. The second kappa shape index (κ2) is 74.6. The summed E-state index contributed by atoms with van der Waals surface area (Å²) in [6, 6.07) is -2.32. The molecule has 0 saturated carbocycles. The van der Waals surface area contributed by atoms with E-state index in [0.29, 0.717) is 38.5 Å². The summed E-state index contributed by atoms with van der Waals surface area (Å²) in [5.41, 5.74) is 0. The van der Waals surface area contributed by atoms with E-state index in [0.717, 1.165) is 128 Å². The van der Waals surface area contributed by atoms with Crippen molar-refractivity contribution in [3.8, 4) is 0 Å². The van der Waals surface area contributed by atoms with Gasteiger partial charge in [-0.2, -0.15) is 0 Å². The normalized spacial score (nSPS) is 13.8. The molecule has 572 valence electrons. The minimum atomic E-state index is -4.69. The molecule has 4 amide bonds. The van der Waals surface area contributed by atoms with Gasteiger partial charge in [-0.05, 0) is 44.9 Å². The summed E-state index contributed by atoms with van der Waals surface area (Å²) in [4.78, 5) is 85.0. The molecule has 6 atom stereocenters. The first-order chi connectivity index (χ1) is 46.5. The first-order valence-electron chi connectivity index (χ1n) is 38.9. The molecular weight excluding hydrogens is 1310 g/mol. The zero-order valence-electron chi connectivity index (χ0n) is 65.7. The van der Waals surface area contributed by atoms with E-state index < -0.39 is 60.2 Å². The number of urea groups is 1. The van der Waals surface area contributed by atoms with Crippen LogP contribution in [-0.2, 0) is 65.4 Å². The van der Waals surface area contributed by atoms with Gasteiger partial charge in [0.2, 0.25) is 11.8 Å². The van der Waals surface area contributed by atoms with Crippen molar-refractivity contribution in [2.45, 2.75) is 374 Å². The van der Waals surface area contributed by atoms with Crippen LogP contribution in [0.1, 0.15) is 353 Å². The molecule has 25 heteroatoms. The monoisotopic (exact) mass is 1460 g/mol. The molecule has 98 heavy (non-hydrogen) atoms. The van der Waals surface area contributed by atoms with Crippen LogP contribution in [0.25, 0.3) is 0 Å². The van der Waals surface area contributed by atoms with E-state index in [2.05, 4.69) is 55.9 Å². The Morgan fingerprint density at radius 2 is 0.643 bits per heavy atom. The van der Waals surface area contributed by atoms with E-state index in [1.54, 1.807) is 0 Å².